The van der Waals surface area contributed by atoms with Crippen molar-refractivity contribution in [1.29, 1.82) is 0 Å². The molecule has 7 nitrogen and oxygen atoms in total. The Morgan fingerprint density at radius 3 is 1.61 bits per heavy atom. The van der Waals surface area contributed by atoms with Crippen LogP contribution in [0.4, 0.5) is 0 Å². The highest BCUT2D eigenvalue weighted by molar-refractivity contribution is 5.72. The van der Waals surface area contributed by atoms with Gasteiger partial charge in [0.05, 0.1) is 18.6 Å². The lowest BCUT2D eigenvalue weighted by atomic mass is 9.94. The van der Waals surface area contributed by atoms with Crippen LogP contribution in [0.25, 0.3) is 0 Å². The van der Waals surface area contributed by atoms with E-state index in [1.165, 1.54) is 141 Å². The molecule has 4 unspecified atom stereocenters. The summed E-state index contributed by atoms with van der Waals surface area (Å²) in [7, 11) is 0. The summed E-state index contributed by atoms with van der Waals surface area (Å²) in [5.74, 6) is 0.456. The molecule has 0 aromatic rings. The van der Waals surface area contributed by atoms with E-state index in [0.717, 1.165) is 57.9 Å². The summed E-state index contributed by atoms with van der Waals surface area (Å²) >= 11 is 0. The Labute approximate surface area is 349 Å². The van der Waals surface area contributed by atoms with Crippen molar-refractivity contribution >= 4 is 11.9 Å². The number of aliphatic hydroxyl groups excluding tert-OH is 1. The lowest BCUT2D eigenvalue weighted by Gasteiger charge is -2.31. The maximum absolute atomic E-state index is 13.0. The molecule has 334 valence electrons. The van der Waals surface area contributed by atoms with E-state index in [1.807, 2.05) is 0 Å². The van der Waals surface area contributed by atoms with Gasteiger partial charge >= 0.3 is 11.9 Å². The number of nitrogens with zero attached hydrogens (tertiary/aromatic N) is 1. The summed E-state index contributed by atoms with van der Waals surface area (Å²) in [4.78, 5) is 28.1. The van der Waals surface area contributed by atoms with Gasteiger partial charge in [0.1, 0.15) is 6.61 Å². The topological polar surface area (TPSA) is 88.1 Å². The molecule has 0 aliphatic carbocycles. The van der Waals surface area contributed by atoms with Crippen molar-refractivity contribution in [2.75, 3.05) is 39.4 Å². The highest BCUT2D eigenvalue weighted by Gasteiger charge is 2.20. The number of carbonyl (C=O) groups is 2. The molecule has 0 saturated heterocycles. The Hall–Kier alpha value is -1.18. The highest BCUT2D eigenvalue weighted by atomic mass is 16.5. The first-order valence-electron chi connectivity index (χ1n) is 24.8. The molecule has 7 heteroatoms. The summed E-state index contributed by atoms with van der Waals surface area (Å²) in [5.41, 5.74) is 0. The maximum atomic E-state index is 13.0. The predicted octanol–water partition coefficient (Wildman–Crippen LogP) is 13.1. The average Bonchev–Trinajstić information content (AvgIpc) is 3.19. The van der Waals surface area contributed by atoms with Crippen molar-refractivity contribution in [3.8, 4) is 0 Å². The fourth-order valence-corrected chi connectivity index (χ4v) is 7.92. The zero-order chi connectivity index (χ0) is 41.3. The van der Waals surface area contributed by atoms with Crippen molar-refractivity contribution < 1.29 is 24.2 Å². The lowest BCUT2D eigenvalue weighted by Crippen LogP contribution is -2.43. The lowest BCUT2D eigenvalue weighted by molar-refractivity contribution is -0.149. The molecular formula is C49H98N2O5. The van der Waals surface area contributed by atoms with Gasteiger partial charge in [0.25, 0.3) is 0 Å². The van der Waals surface area contributed by atoms with Crippen LogP contribution in [0.1, 0.15) is 241 Å². The van der Waals surface area contributed by atoms with Gasteiger partial charge in [0, 0.05) is 32.1 Å². The first kappa shape index (κ1) is 54.8. The summed E-state index contributed by atoms with van der Waals surface area (Å²) < 4.78 is 11.6. The SMILES string of the molecule is CCCCCCCCC(CCCCCC)COC(=O)CCCCCN(CC(O)CNCCOC(=O)C(CCCCCC)CCCCCCCC)C(C)CCCC. The minimum absolute atomic E-state index is 0.0182. The zero-order valence-electron chi connectivity index (χ0n) is 38.5. The molecular weight excluding hydrogens is 697 g/mol. The Balaban J connectivity index is 4.62. The second kappa shape index (κ2) is 42.0. The van der Waals surface area contributed by atoms with Gasteiger partial charge in [-0.05, 0) is 64.3 Å². The van der Waals surface area contributed by atoms with Crippen molar-refractivity contribution in [2.45, 2.75) is 253 Å². The van der Waals surface area contributed by atoms with Gasteiger partial charge in [-0.1, -0.05) is 182 Å². The third-order valence-corrected chi connectivity index (χ3v) is 11.8. The van der Waals surface area contributed by atoms with Gasteiger partial charge in [-0.15, -0.1) is 0 Å². The number of ether oxygens (including phenoxy) is 2. The Morgan fingerprint density at radius 2 is 1.05 bits per heavy atom. The molecule has 0 aliphatic rings. The average molecular weight is 795 g/mol. The second-order valence-corrected chi connectivity index (χ2v) is 17.4. The molecule has 0 aromatic carbocycles. The number of unbranched alkanes of at least 4 members (excludes halogenated alkanes) is 19. The van der Waals surface area contributed by atoms with Crippen LogP contribution in [0.3, 0.4) is 0 Å². The molecule has 0 spiro atoms. The van der Waals surface area contributed by atoms with Crippen LogP contribution < -0.4 is 5.32 Å². The number of esters is 2. The molecule has 2 N–H and O–H groups in total. The fourth-order valence-electron chi connectivity index (χ4n) is 7.92. The fraction of sp³-hybridized carbons (Fsp3) is 0.959. The number of rotatable bonds is 44. The van der Waals surface area contributed by atoms with Crippen molar-refractivity contribution in [2.24, 2.45) is 11.8 Å². The molecule has 0 amide bonds. The van der Waals surface area contributed by atoms with Crippen LogP contribution in [0.5, 0.6) is 0 Å². The summed E-state index contributed by atoms with van der Waals surface area (Å²) in [5, 5.41) is 14.3. The molecule has 0 aliphatic heterocycles. The summed E-state index contributed by atoms with van der Waals surface area (Å²) in [6.07, 6.45) is 35.7. The van der Waals surface area contributed by atoms with E-state index in [1.54, 1.807) is 0 Å². The molecule has 4 atom stereocenters. The van der Waals surface area contributed by atoms with E-state index in [2.05, 4.69) is 51.8 Å². The maximum Gasteiger partial charge on any atom is 0.308 e. The Kier molecular flexibility index (Phi) is 41.1. The van der Waals surface area contributed by atoms with E-state index in [4.69, 9.17) is 9.47 Å². The van der Waals surface area contributed by atoms with E-state index < -0.39 is 6.10 Å². The minimum Gasteiger partial charge on any atom is -0.465 e. The molecule has 0 rings (SSSR count). The molecule has 0 heterocycles. The van der Waals surface area contributed by atoms with Gasteiger partial charge in [-0.3, -0.25) is 14.5 Å². The third-order valence-electron chi connectivity index (χ3n) is 11.8. The van der Waals surface area contributed by atoms with Gasteiger partial charge in [-0.2, -0.15) is 0 Å². The minimum atomic E-state index is -0.491. The number of hydrogen-bond acceptors (Lipinski definition) is 7. The van der Waals surface area contributed by atoms with Crippen molar-refractivity contribution in [1.82, 2.24) is 10.2 Å². The quantitative estimate of drug-likeness (QED) is 0.0469. The zero-order valence-corrected chi connectivity index (χ0v) is 38.5. The van der Waals surface area contributed by atoms with E-state index in [-0.39, 0.29) is 17.9 Å². The molecule has 0 saturated carbocycles. The third kappa shape index (κ3) is 34.8. The monoisotopic (exact) mass is 795 g/mol. The molecule has 0 fully saturated rings. The van der Waals surface area contributed by atoms with E-state index in [9.17, 15) is 14.7 Å². The molecule has 0 bridgehead atoms. The molecule has 0 aromatic heterocycles. The van der Waals surface area contributed by atoms with Crippen molar-refractivity contribution in [3.05, 3.63) is 0 Å². The highest BCUT2D eigenvalue weighted by Crippen LogP contribution is 2.22. The van der Waals surface area contributed by atoms with Crippen LogP contribution >= 0.6 is 0 Å². The van der Waals surface area contributed by atoms with E-state index >= 15 is 0 Å². The van der Waals surface area contributed by atoms with Gasteiger partial charge in [0.15, 0.2) is 0 Å². The largest absolute Gasteiger partial charge is 0.465 e. The Morgan fingerprint density at radius 1 is 0.571 bits per heavy atom. The van der Waals surface area contributed by atoms with Gasteiger partial charge in [0.2, 0.25) is 0 Å². The van der Waals surface area contributed by atoms with Crippen molar-refractivity contribution in [3.63, 3.8) is 0 Å². The number of carbonyl (C=O) groups excluding carboxylic acids is 2. The normalized spacial score (nSPS) is 13.9. The molecule has 56 heavy (non-hydrogen) atoms. The van der Waals surface area contributed by atoms with Crippen LogP contribution in [0.15, 0.2) is 0 Å². The van der Waals surface area contributed by atoms with Crippen LogP contribution in [0.2, 0.25) is 0 Å². The van der Waals surface area contributed by atoms with Crippen LogP contribution in [0, 0.1) is 11.8 Å². The second-order valence-electron chi connectivity index (χ2n) is 17.4. The Bertz CT molecular complexity index is 841. The summed E-state index contributed by atoms with van der Waals surface area (Å²) in [6.45, 7) is 17.0. The molecule has 0 radical (unpaired) electrons. The van der Waals surface area contributed by atoms with Gasteiger partial charge < -0.3 is 19.9 Å². The first-order valence-corrected chi connectivity index (χ1v) is 24.8. The predicted molar refractivity (Wildman–Crippen MR) is 240 cm³/mol. The number of hydrogen-bond donors (Lipinski definition) is 2. The first-order chi connectivity index (χ1) is 27.3. The smallest absolute Gasteiger partial charge is 0.308 e. The van der Waals surface area contributed by atoms with Crippen LogP contribution in [-0.4, -0.2) is 73.5 Å². The number of nitrogens with one attached hydrogen (secondary N) is 1. The van der Waals surface area contributed by atoms with Gasteiger partial charge in [-0.25, -0.2) is 0 Å². The number of aliphatic hydroxyl groups is 1. The van der Waals surface area contributed by atoms with Crippen LogP contribution in [-0.2, 0) is 19.1 Å². The van der Waals surface area contributed by atoms with E-state index in [0.29, 0.717) is 51.2 Å². The standard InChI is InChI=1S/C49H98N2O5/c1-7-12-17-21-23-27-34-45(33-26-19-14-9-3)43-56-48(53)37-30-25-31-39-51(44(6)32-16-11-5)42-47(52)41-50-38-40-55-49(54)46(35-28-20-15-10-4)36-29-24-22-18-13-8-2/h44-47,50,52H,7-43H2,1-6H3. The summed E-state index contributed by atoms with van der Waals surface area (Å²) in [6, 6.07) is 0.400.